The van der Waals surface area contributed by atoms with Crippen LogP contribution in [0.1, 0.15) is 10.4 Å². The van der Waals surface area contributed by atoms with Gasteiger partial charge in [0.25, 0.3) is 5.91 Å². The standard InChI is InChI=1S/C10H12BrN3O2S/c1-12-10(16)13-7-3-14(4-7)9(15)6-2-8(11)17-5-6/h2,5,7H,3-4H2,1H3,(H2,12,13,16). The van der Waals surface area contributed by atoms with Crippen LogP contribution in [0, 0.1) is 0 Å². The van der Waals surface area contributed by atoms with Crippen LogP contribution in [0.4, 0.5) is 4.79 Å². The number of hydrogen-bond acceptors (Lipinski definition) is 3. The van der Waals surface area contributed by atoms with Gasteiger partial charge in [-0.3, -0.25) is 4.79 Å². The molecule has 1 aliphatic rings. The fourth-order valence-electron chi connectivity index (χ4n) is 1.60. The Bertz CT molecular complexity index is 443. The molecule has 17 heavy (non-hydrogen) atoms. The lowest BCUT2D eigenvalue weighted by Gasteiger charge is -2.39. The molecule has 2 heterocycles. The van der Waals surface area contributed by atoms with Crippen molar-refractivity contribution in [1.29, 1.82) is 0 Å². The highest BCUT2D eigenvalue weighted by Crippen LogP contribution is 2.23. The average molecular weight is 318 g/mol. The van der Waals surface area contributed by atoms with Crippen molar-refractivity contribution in [2.45, 2.75) is 6.04 Å². The van der Waals surface area contributed by atoms with E-state index < -0.39 is 0 Å². The van der Waals surface area contributed by atoms with Crippen molar-refractivity contribution < 1.29 is 9.59 Å². The SMILES string of the molecule is CNC(=O)NC1CN(C(=O)c2csc(Br)c2)C1. The van der Waals surface area contributed by atoms with Gasteiger partial charge in [0.05, 0.1) is 15.4 Å². The molecule has 0 aliphatic carbocycles. The first-order chi connectivity index (χ1) is 8.10. The highest BCUT2D eigenvalue weighted by molar-refractivity contribution is 9.11. The number of nitrogens with zero attached hydrogens (tertiary/aromatic N) is 1. The highest BCUT2D eigenvalue weighted by atomic mass is 79.9. The second kappa shape index (κ2) is 5.05. The van der Waals surface area contributed by atoms with Gasteiger partial charge in [0.15, 0.2) is 0 Å². The molecule has 5 nitrogen and oxygen atoms in total. The number of rotatable bonds is 2. The summed E-state index contributed by atoms with van der Waals surface area (Å²) in [6, 6.07) is 1.66. The molecule has 7 heteroatoms. The third kappa shape index (κ3) is 2.78. The van der Waals surface area contributed by atoms with Gasteiger partial charge in [-0.15, -0.1) is 11.3 Å². The van der Waals surface area contributed by atoms with Crippen LogP contribution in [-0.4, -0.2) is 43.0 Å². The van der Waals surface area contributed by atoms with Crippen molar-refractivity contribution in [3.8, 4) is 0 Å². The zero-order chi connectivity index (χ0) is 12.4. The number of amides is 3. The van der Waals surface area contributed by atoms with Gasteiger partial charge in [-0.2, -0.15) is 0 Å². The van der Waals surface area contributed by atoms with Crippen molar-refractivity contribution in [3.63, 3.8) is 0 Å². The van der Waals surface area contributed by atoms with Crippen LogP contribution in [0.2, 0.25) is 0 Å². The minimum atomic E-state index is -0.208. The summed E-state index contributed by atoms with van der Waals surface area (Å²) in [5.74, 6) is 0.0157. The lowest BCUT2D eigenvalue weighted by molar-refractivity contribution is 0.0578. The number of carbonyl (C=O) groups excluding carboxylic acids is 2. The van der Waals surface area contributed by atoms with E-state index in [2.05, 4.69) is 26.6 Å². The van der Waals surface area contributed by atoms with E-state index in [1.165, 1.54) is 11.3 Å². The Labute approximate surface area is 111 Å². The van der Waals surface area contributed by atoms with Crippen LogP contribution in [0.3, 0.4) is 0 Å². The smallest absolute Gasteiger partial charge is 0.314 e. The molecule has 0 saturated carbocycles. The zero-order valence-corrected chi connectivity index (χ0v) is 11.6. The normalized spacial score (nSPS) is 15.3. The minimum absolute atomic E-state index is 0.0157. The summed E-state index contributed by atoms with van der Waals surface area (Å²) in [5.41, 5.74) is 0.695. The molecule has 1 fully saturated rings. The summed E-state index contributed by atoms with van der Waals surface area (Å²) in [6.45, 7) is 1.14. The summed E-state index contributed by atoms with van der Waals surface area (Å²) >= 11 is 4.82. The third-order valence-corrected chi connectivity index (χ3v) is 4.05. The molecule has 0 spiro atoms. The van der Waals surface area contributed by atoms with E-state index in [9.17, 15) is 9.59 Å². The number of thiophene rings is 1. The Balaban J connectivity index is 1.83. The van der Waals surface area contributed by atoms with Crippen LogP contribution in [-0.2, 0) is 0 Å². The summed E-state index contributed by atoms with van der Waals surface area (Å²) in [6.07, 6.45) is 0. The summed E-state index contributed by atoms with van der Waals surface area (Å²) in [5, 5.41) is 7.07. The fraction of sp³-hybridized carbons (Fsp3) is 0.400. The highest BCUT2D eigenvalue weighted by Gasteiger charge is 2.32. The molecule has 0 atom stereocenters. The molecule has 0 bridgehead atoms. The summed E-state index contributed by atoms with van der Waals surface area (Å²) in [7, 11) is 1.57. The van der Waals surface area contributed by atoms with Crippen LogP contribution < -0.4 is 10.6 Å². The Morgan fingerprint density at radius 2 is 2.24 bits per heavy atom. The molecular formula is C10H12BrN3O2S. The first kappa shape index (κ1) is 12.4. The van der Waals surface area contributed by atoms with Crippen molar-refractivity contribution in [2.24, 2.45) is 0 Å². The van der Waals surface area contributed by atoms with Crippen molar-refractivity contribution >= 4 is 39.2 Å². The second-order valence-electron chi connectivity index (χ2n) is 3.77. The maximum absolute atomic E-state index is 11.9. The minimum Gasteiger partial charge on any atom is -0.341 e. The maximum atomic E-state index is 11.9. The second-order valence-corrected chi connectivity index (χ2v) is 6.06. The van der Waals surface area contributed by atoms with Gasteiger partial charge in [0.2, 0.25) is 0 Å². The predicted molar refractivity (Wildman–Crippen MR) is 69.3 cm³/mol. The van der Waals surface area contributed by atoms with E-state index >= 15 is 0 Å². The predicted octanol–water partition coefficient (Wildman–Crippen LogP) is 1.26. The number of nitrogens with one attached hydrogen (secondary N) is 2. The first-order valence-corrected chi connectivity index (χ1v) is 6.79. The van der Waals surface area contributed by atoms with E-state index in [1.54, 1.807) is 11.9 Å². The van der Waals surface area contributed by atoms with E-state index in [4.69, 9.17) is 0 Å². The van der Waals surface area contributed by atoms with Crippen molar-refractivity contribution in [3.05, 3.63) is 20.8 Å². The lowest BCUT2D eigenvalue weighted by Crippen LogP contribution is -2.61. The lowest BCUT2D eigenvalue weighted by atomic mass is 10.1. The topological polar surface area (TPSA) is 61.4 Å². The molecule has 3 amide bonds. The molecule has 2 rings (SSSR count). The molecular weight excluding hydrogens is 306 g/mol. The number of likely N-dealkylation sites (tertiary alicyclic amines) is 1. The van der Waals surface area contributed by atoms with E-state index in [0.29, 0.717) is 18.7 Å². The number of hydrogen-bond donors (Lipinski definition) is 2. The first-order valence-electron chi connectivity index (χ1n) is 5.11. The summed E-state index contributed by atoms with van der Waals surface area (Å²) in [4.78, 5) is 24.7. The van der Waals surface area contributed by atoms with Gasteiger partial charge in [0.1, 0.15) is 0 Å². The quantitative estimate of drug-likeness (QED) is 0.862. The average Bonchev–Trinajstić information content (AvgIpc) is 2.68. The van der Waals surface area contributed by atoms with E-state index in [-0.39, 0.29) is 18.0 Å². The molecule has 1 aromatic rings. The number of halogens is 1. The molecule has 1 aliphatic heterocycles. The largest absolute Gasteiger partial charge is 0.341 e. The van der Waals surface area contributed by atoms with Crippen molar-refractivity contribution in [1.82, 2.24) is 15.5 Å². The Morgan fingerprint density at radius 3 is 2.76 bits per heavy atom. The van der Waals surface area contributed by atoms with Crippen LogP contribution in [0.15, 0.2) is 15.2 Å². The summed E-state index contributed by atoms with van der Waals surface area (Å²) < 4.78 is 0.946. The number of carbonyl (C=O) groups is 2. The third-order valence-electron chi connectivity index (χ3n) is 2.55. The Kier molecular flexibility index (Phi) is 3.68. The van der Waals surface area contributed by atoms with Crippen LogP contribution >= 0.6 is 27.3 Å². The maximum Gasteiger partial charge on any atom is 0.314 e. The van der Waals surface area contributed by atoms with Gasteiger partial charge in [0, 0.05) is 25.5 Å². The molecule has 92 valence electrons. The zero-order valence-electron chi connectivity index (χ0n) is 9.20. The van der Waals surface area contributed by atoms with Gasteiger partial charge >= 0.3 is 6.03 Å². The van der Waals surface area contributed by atoms with Crippen LogP contribution in [0.5, 0.6) is 0 Å². The van der Waals surface area contributed by atoms with Gasteiger partial charge in [-0.05, 0) is 22.0 Å². The fourth-order valence-corrected chi connectivity index (χ4v) is 2.73. The van der Waals surface area contributed by atoms with Crippen LogP contribution in [0.25, 0.3) is 0 Å². The molecule has 1 saturated heterocycles. The van der Waals surface area contributed by atoms with E-state index in [1.807, 2.05) is 11.4 Å². The van der Waals surface area contributed by atoms with Gasteiger partial charge in [-0.25, -0.2) is 4.79 Å². The Morgan fingerprint density at radius 1 is 1.53 bits per heavy atom. The van der Waals surface area contributed by atoms with Gasteiger partial charge < -0.3 is 15.5 Å². The number of urea groups is 1. The monoisotopic (exact) mass is 317 g/mol. The molecule has 0 unspecified atom stereocenters. The molecule has 1 aromatic heterocycles. The molecule has 0 aromatic carbocycles. The molecule has 0 radical (unpaired) electrons. The van der Waals surface area contributed by atoms with E-state index in [0.717, 1.165) is 3.79 Å². The van der Waals surface area contributed by atoms with Crippen molar-refractivity contribution in [2.75, 3.05) is 20.1 Å². The Hall–Kier alpha value is -1.08. The van der Waals surface area contributed by atoms with Gasteiger partial charge in [-0.1, -0.05) is 0 Å². The molecule has 2 N–H and O–H groups in total.